The zero-order chi connectivity index (χ0) is 21.3. The van der Waals surface area contributed by atoms with Gasteiger partial charge in [0.05, 0.1) is 17.3 Å². The number of carbonyl (C=O) groups excluding carboxylic acids is 1. The lowest BCUT2D eigenvalue weighted by Gasteiger charge is -2.30. The molecule has 0 atom stereocenters. The predicted molar refractivity (Wildman–Crippen MR) is 108 cm³/mol. The van der Waals surface area contributed by atoms with Gasteiger partial charge in [-0.1, -0.05) is 11.6 Å². The number of rotatable bonds is 4. The molecule has 1 fully saturated rings. The van der Waals surface area contributed by atoms with Crippen LogP contribution in [0, 0.1) is 0 Å². The Morgan fingerprint density at radius 2 is 1.83 bits per heavy atom. The zero-order valence-electron chi connectivity index (χ0n) is 15.8. The minimum Gasteiger partial charge on any atom is -0.472 e. The number of aromatic nitrogens is 1. The SMILES string of the molecule is O=C(NC1CCC(Nc2cc(C(F)(F)F)nc3ccc(Cl)cc23)CC1)c1ccoc1. The fourth-order valence-electron chi connectivity index (χ4n) is 3.73. The van der Waals surface area contributed by atoms with Gasteiger partial charge in [0.1, 0.15) is 12.0 Å². The Hall–Kier alpha value is -2.74. The zero-order valence-corrected chi connectivity index (χ0v) is 16.6. The molecule has 1 aliphatic rings. The van der Waals surface area contributed by atoms with Gasteiger partial charge >= 0.3 is 6.18 Å². The van der Waals surface area contributed by atoms with Crippen LogP contribution < -0.4 is 10.6 Å². The second kappa shape index (κ2) is 8.18. The first kappa shape index (κ1) is 20.5. The maximum absolute atomic E-state index is 13.3. The molecule has 5 nitrogen and oxygen atoms in total. The number of carbonyl (C=O) groups is 1. The largest absolute Gasteiger partial charge is 0.472 e. The third-order valence-electron chi connectivity index (χ3n) is 5.27. The summed E-state index contributed by atoms with van der Waals surface area (Å²) in [5.41, 5.74) is 0.120. The van der Waals surface area contributed by atoms with E-state index in [0.29, 0.717) is 34.5 Å². The van der Waals surface area contributed by atoms with Crippen LogP contribution in [0.5, 0.6) is 0 Å². The van der Waals surface area contributed by atoms with Crippen molar-refractivity contribution in [2.45, 2.75) is 43.9 Å². The first-order valence-electron chi connectivity index (χ1n) is 9.57. The number of hydrogen-bond acceptors (Lipinski definition) is 4. The van der Waals surface area contributed by atoms with Crippen molar-refractivity contribution in [2.75, 3.05) is 5.32 Å². The van der Waals surface area contributed by atoms with Crippen LogP contribution in [0.3, 0.4) is 0 Å². The summed E-state index contributed by atoms with van der Waals surface area (Å²) in [6.45, 7) is 0. The molecule has 4 rings (SSSR count). The number of benzene rings is 1. The summed E-state index contributed by atoms with van der Waals surface area (Å²) in [7, 11) is 0. The third kappa shape index (κ3) is 4.53. The van der Waals surface area contributed by atoms with Gasteiger partial charge in [-0.25, -0.2) is 4.98 Å². The van der Waals surface area contributed by atoms with E-state index in [1.54, 1.807) is 12.1 Å². The van der Waals surface area contributed by atoms with Crippen LogP contribution in [0.2, 0.25) is 5.02 Å². The molecule has 1 aromatic carbocycles. The lowest BCUT2D eigenvalue weighted by atomic mass is 9.90. The van der Waals surface area contributed by atoms with E-state index in [-0.39, 0.29) is 23.5 Å². The maximum Gasteiger partial charge on any atom is 0.433 e. The molecule has 1 amide bonds. The van der Waals surface area contributed by atoms with E-state index in [1.807, 2.05) is 0 Å². The van der Waals surface area contributed by atoms with Gasteiger partial charge < -0.3 is 15.1 Å². The summed E-state index contributed by atoms with van der Waals surface area (Å²) < 4.78 is 44.8. The summed E-state index contributed by atoms with van der Waals surface area (Å²) in [5, 5.41) is 7.18. The number of halogens is 4. The molecule has 158 valence electrons. The minimum atomic E-state index is -4.54. The van der Waals surface area contributed by atoms with Crippen molar-refractivity contribution >= 4 is 34.1 Å². The number of furan rings is 1. The molecule has 2 heterocycles. The van der Waals surface area contributed by atoms with Gasteiger partial charge in [0.25, 0.3) is 5.91 Å². The molecule has 2 N–H and O–H groups in total. The van der Waals surface area contributed by atoms with E-state index in [2.05, 4.69) is 15.6 Å². The number of hydrogen-bond donors (Lipinski definition) is 2. The first-order valence-corrected chi connectivity index (χ1v) is 9.94. The van der Waals surface area contributed by atoms with Gasteiger partial charge in [-0.15, -0.1) is 0 Å². The molecule has 30 heavy (non-hydrogen) atoms. The number of alkyl halides is 3. The average molecular weight is 438 g/mol. The smallest absolute Gasteiger partial charge is 0.433 e. The summed E-state index contributed by atoms with van der Waals surface area (Å²) in [5.74, 6) is -0.190. The molecule has 0 aliphatic heterocycles. The van der Waals surface area contributed by atoms with E-state index in [1.165, 1.54) is 24.7 Å². The van der Waals surface area contributed by atoms with Crippen LogP contribution in [-0.4, -0.2) is 23.0 Å². The van der Waals surface area contributed by atoms with Crippen LogP contribution in [0.25, 0.3) is 10.9 Å². The fraction of sp³-hybridized carbons (Fsp3) is 0.333. The monoisotopic (exact) mass is 437 g/mol. The van der Waals surface area contributed by atoms with Crippen LogP contribution in [0.1, 0.15) is 41.7 Å². The summed E-state index contributed by atoms with van der Waals surface area (Å²) >= 11 is 6.05. The molecule has 1 saturated carbocycles. The Labute approximate surface area is 175 Å². The number of anilines is 1. The number of pyridine rings is 1. The van der Waals surface area contributed by atoms with Crippen molar-refractivity contribution in [3.8, 4) is 0 Å². The molecule has 0 saturated heterocycles. The molecular formula is C21H19ClF3N3O2. The fourth-order valence-corrected chi connectivity index (χ4v) is 3.90. The standard InChI is InChI=1S/C21H19ClF3N3O2/c22-13-1-6-17-16(9-13)18(10-19(28-17)21(23,24)25)26-14-2-4-15(5-3-14)27-20(29)12-7-8-30-11-12/h1,6-11,14-15H,2-5H2,(H,26,28)(H,27,29). The first-order chi connectivity index (χ1) is 14.3. The van der Waals surface area contributed by atoms with Crippen molar-refractivity contribution in [2.24, 2.45) is 0 Å². The van der Waals surface area contributed by atoms with Gasteiger partial charge in [0.15, 0.2) is 0 Å². The minimum absolute atomic E-state index is 0.0137. The van der Waals surface area contributed by atoms with E-state index in [0.717, 1.165) is 18.9 Å². The molecule has 1 aliphatic carbocycles. The summed E-state index contributed by atoms with van der Waals surface area (Å²) in [6, 6.07) is 7.25. The normalized spacial score (nSPS) is 19.6. The van der Waals surface area contributed by atoms with Gasteiger partial charge in [-0.3, -0.25) is 4.79 Å². The number of nitrogens with one attached hydrogen (secondary N) is 2. The van der Waals surface area contributed by atoms with Gasteiger partial charge in [0, 0.05) is 28.2 Å². The second-order valence-corrected chi connectivity index (χ2v) is 7.83. The maximum atomic E-state index is 13.3. The number of amides is 1. The summed E-state index contributed by atoms with van der Waals surface area (Å²) in [6.07, 6.45) is 1.15. The molecule has 0 radical (unpaired) electrons. The quantitative estimate of drug-likeness (QED) is 0.553. The van der Waals surface area contributed by atoms with E-state index < -0.39 is 11.9 Å². The molecule has 0 unspecified atom stereocenters. The lowest BCUT2D eigenvalue weighted by Crippen LogP contribution is -2.40. The molecule has 0 spiro atoms. The average Bonchev–Trinajstić information content (AvgIpc) is 3.24. The van der Waals surface area contributed by atoms with Crippen LogP contribution >= 0.6 is 11.6 Å². The number of fused-ring (bicyclic) bond motifs is 1. The Balaban J connectivity index is 1.47. The molecular weight excluding hydrogens is 419 g/mol. The highest BCUT2D eigenvalue weighted by Gasteiger charge is 2.34. The third-order valence-corrected chi connectivity index (χ3v) is 5.50. The summed E-state index contributed by atoms with van der Waals surface area (Å²) in [4.78, 5) is 15.9. The van der Waals surface area contributed by atoms with E-state index in [9.17, 15) is 18.0 Å². The highest BCUT2D eigenvalue weighted by atomic mass is 35.5. The number of nitrogens with zero attached hydrogens (tertiary/aromatic N) is 1. The topological polar surface area (TPSA) is 67.2 Å². The van der Waals surface area contributed by atoms with Crippen molar-refractivity contribution in [1.29, 1.82) is 0 Å². The molecule has 2 aromatic heterocycles. The van der Waals surface area contributed by atoms with Crippen LogP contribution in [0.4, 0.5) is 18.9 Å². The van der Waals surface area contributed by atoms with E-state index in [4.69, 9.17) is 16.0 Å². The van der Waals surface area contributed by atoms with Crippen molar-refractivity contribution in [3.63, 3.8) is 0 Å². The van der Waals surface area contributed by atoms with Gasteiger partial charge in [-0.2, -0.15) is 13.2 Å². The highest BCUT2D eigenvalue weighted by Crippen LogP contribution is 2.35. The Kier molecular flexibility index (Phi) is 5.60. The Morgan fingerprint density at radius 1 is 1.10 bits per heavy atom. The van der Waals surface area contributed by atoms with Crippen molar-refractivity contribution < 1.29 is 22.4 Å². The Bertz CT molecular complexity index is 1050. The predicted octanol–water partition coefficient (Wildman–Crippen LogP) is 5.65. The Morgan fingerprint density at radius 3 is 2.50 bits per heavy atom. The van der Waals surface area contributed by atoms with Crippen molar-refractivity contribution in [3.05, 3.63) is 59.1 Å². The molecule has 3 aromatic rings. The van der Waals surface area contributed by atoms with Gasteiger partial charge in [-0.05, 0) is 56.0 Å². The van der Waals surface area contributed by atoms with Crippen LogP contribution in [0.15, 0.2) is 47.3 Å². The highest BCUT2D eigenvalue weighted by molar-refractivity contribution is 6.31. The van der Waals surface area contributed by atoms with E-state index >= 15 is 0 Å². The lowest BCUT2D eigenvalue weighted by molar-refractivity contribution is -0.140. The molecule has 9 heteroatoms. The molecule has 0 bridgehead atoms. The second-order valence-electron chi connectivity index (χ2n) is 7.39. The van der Waals surface area contributed by atoms with Crippen molar-refractivity contribution in [1.82, 2.24) is 10.3 Å². The van der Waals surface area contributed by atoms with Crippen LogP contribution in [-0.2, 0) is 6.18 Å². The van der Waals surface area contributed by atoms with Gasteiger partial charge in [0.2, 0.25) is 0 Å².